The molecular weight excluding hydrogens is 633 g/mol. The van der Waals surface area contributed by atoms with Gasteiger partial charge in [-0.15, -0.1) is 0 Å². The maximum absolute atomic E-state index is 6.21. The molecule has 0 aliphatic carbocycles. The number of ether oxygens (including phenoxy) is 1. The minimum Gasteiger partial charge on any atom is -0.489 e. The van der Waals surface area contributed by atoms with Crippen LogP contribution in [0.2, 0.25) is 0 Å². The molecule has 0 bridgehead atoms. The quantitative estimate of drug-likeness (QED) is 0.128. The SMILES string of the molecule is CCC(C)c1ccc(COc2ccc(N(c3ccc(-c4ccc(N(c5ccccc5)c5cccc(C)c5)cc4)cc3)c3cccc(C)c3)cc2)cc1. The molecule has 258 valence electrons. The van der Waals surface area contributed by atoms with E-state index in [-0.39, 0.29) is 0 Å². The third-order valence-corrected chi connectivity index (χ3v) is 9.78. The molecule has 0 radical (unpaired) electrons. The molecule has 7 rings (SSSR count). The van der Waals surface area contributed by atoms with Gasteiger partial charge in [-0.25, -0.2) is 0 Å². The summed E-state index contributed by atoms with van der Waals surface area (Å²) in [6, 6.07) is 62.8. The highest BCUT2D eigenvalue weighted by molar-refractivity contribution is 5.81. The molecule has 0 heterocycles. The molecule has 0 aromatic heterocycles. The standard InChI is InChI=1S/C49H46N2O/c1-5-38(4)40-19-17-39(18-20-40)35-52-49-31-29-46(30-32-49)51(48-16-10-12-37(3)34-48)45-27-23-42(24-28-45)41-21-25-44(26-22-41)50(43-13-7-6-8-14-43)47-15-9-11-36(2)33-47/h6-34,38H,5,35H2,1-4H3. The Morgan fingerprint density at radius 1 is 0.462 bits per heavy atom. The monoisotopic (exact) mass is 678 g/mol. The number of anilines is 6. The van der Waals surface area contributed by atoms with E-state index in [0.29, 0.717) is 12.5 Å². The van der Waals surface area contributed by atoms with Crippen molar-refractivity contribution in [1.82, 2.24) is 0 Å². The van der Waals surface area contributed by atoms with Gasteiger partial charge in [0.2, 0.25) is 0 Å². The lowest BCUT2D eigenvalue weighted by Gasteiger charge is -2.26. The predicted molar refractivity (Wildman–Crippen MR) is 220 cm³/mol. The van der Waals surface area contributed by atoms with Crippen molar-refractivity contribution in [3.63, 3.8) is 0 Å². The second-order valence-corrected chi connectivity index (χ2v) is 13.6. The molecule has 0 spiro atoms. The minimum absolute atomic E-state index is 0.542. The summed E-state index contributed by atoms with van der Waals surface area (Å²) in [7, 11) is 0. The van der Waals surface area contributed by atoms with Crippen LogP contribution in [0, 0.1) is 13.8 Å². The highest BCUT2D eigenvalue weighted by Crippen LogP contribution is 2.38. The van der Waals surface area contributed by atoms with Crippen LogP contribution in [0.5, 0.6) is 5.75 Å². The molecule has 0 saturated heterocycles. The van der Waals surface area contributed by atoms with Crippen LogP contribution in [0.3, 0.4) is 0 Å². The first-order valence-electron chi connectivity index (χ1n) is 18.3. The second kappa shape index (κ2) is 15.9. The van der Waals surface area contributed by atoms with E-state index < -0.39 is 0 Å². The molecule has 1 atom stereocenters. The molecule has 0 fully saturated rings. The Labute approximate surface area is 309 Å². The van der Waals surface area contributed by atoms with E-state index in [9.17, 15) is 0 Å². The molecule has 0 saturated carbocycles. The van der Waals surface area contributed by atoms with Gasteiger partial charge in [0, 0.05) is 34.1 Å². The van der Waals surface area contributed by atoms with Gasteiger partial charge < -0.3 is 14.5 Å². The molecule has 1 unspecified atom stereocenters. The maximum atomic E-state index is 6.21. The fourth-order valence-electron chi connectivity index (χ4n) is 6.65. The number of benzene rings is 7. The van der Waals surface area contributed by atoms with Crippen molar-refractivity contribution in [2.24, 2.45) is 0 Å². The van der Waals surface area contributed by atoms with E-state index in [1.807, 2.05) is 0 Å². The predicted octanol–water partition coefficient (Wildman–Crippen LogP) is 14.0. The van der Waals surface area contributed by atoms with Crippen LogP contribution in [-0.2, 0) is 6.61 Å². The van der Waals surface area contributed by atoms with E-state index in [1.54, 1.807) is 0 Å². The molecule has 7 aromatic rings. The van der Waals surface area contributed by atoms with Crippen molar-refractivity contribution < 1.29 is 4.74 Å². The molecule has 3 nitrogen and oxygen atoms in total. The van der Waals surface area contributed by atoms with Gasteiger partial charge >= 0.3 is 0 Å². The van der Waals surface area contributed by atoms with Gasteiger partial charge in [0.1, 0.15) is 12.4 Å². The number of nitrogens with zero attached hydrogens (tertiary/aromatic N) is 2. The molecule has 0 aliphatic rings. The number of hydrogen-bond acceptors (Lipinski definition) is 3. The summed E-state index contributed by atoms with van der Waals surface area (Å²) in [5, 5.41) is 0. The van der Waals surface area contributed by atoms with E-state index >= 15 is 0 Å². The molecule has 0 aliphatic heterocycles. The first-order valence-corrected chi connectivity index (χ1v) is 18.3. The highest BCUT2D eigenvalue weighted by atomic mass is 16.5. The maximum Gasteiger partial charge on any atom is 0.119 e. The molecule has 3 heteroatoms. The first-order chi connectivity index (χ1) is 25.4. The lowest BCUT2D eigenvalue weighted by molar-refractivity contribution is 0.306. The first kappa shape index (κ1) is 34.4. The van der Waals surface area contributed by atoms with Crippen LogP contribution >= 0.6 is 0 Å². The van der Waals surface area contributed by atoms with E-state index in [1.165, 1.54) is 33.4 Å². The Morgan fingerprint density at radius 3 is 1.37 bits per heavy atom. The Kier molecular flexibility index (Phi) is 10.5. The molecule has 7 aromatic carbocycles. The van der Waals surface area contributed by atoms with Crippen LogP contribution in [-0.4, -0.2) is 0 Å². The van der Waals surface area contributed by atoms with Crippen molar-refractivity contribution in [3.8, 4) is 16.9 Å². The van der Waals surface area contributed by atoms with Crippen LogP contribution in [0.4, 0.5) is 34.1 Å². The average molecular weight is 679 g/mol. The third-order valence-electron chi connectivity index (χ3n) is 9.78. The minimum atomic E-state index is 0.542. The Hall–Kier alpha value is -6.06. The van der Waals surface area contributed by atoms with E-state index in [4.69, 9.17) is 4.74 Å². The zero-order valence-electron chi connectivity index (χ0n) is 30.5. The zero-order valence-corrected chi connectivity index (χ0v) is 30.5. The van der Waals surface area contributed by atoms with Crippen LogP contribution in [0.1, 0.15) is 48.4 Å². The van der Waals surface area contributed by atoms with Gasteiger partial charge in [0.25, 0.3) is 0 Å². The van der Waals surface area contributed by atoms with Crippen LogP contribution in [0.15, 0.2) is 176 Å². The topological polar surface area (TPSA) is 15.7 Å². The fourth-order valence-corrected chi connectivity index (χ4v) is 6.65. The second-order valence-electron chi connectivity index (χ2n) is 13.6. The Balaban J connectivity index is 1.11. The average Bonchev–Trinajstić information content (AvgIpc) is 3.19. The summed E-state index contributed by atoms with van der Waals surface area (Å²) in [4.78, 5) is 4.61. The molecule has 0 N–H and O–H groups in total. The van der Waals surface area contributed by atoms with Crippen LogP contribution in [0.25, 0.3) is 11.1 Å². The highest BCUT2D eigenvalue weighted by Gasteiger charge is 2.15. The van der Waals surface area contributed by atoms with Gasteiger partial charge in [-0.2, -0.15) is 0 Å². The third kappa shape index (κ3) is 7.95. The van der Waals surface area contributed by atoms with Gasteiger partial charge in [0.15, 0.2) is 0 Å². The van der Waals surface area contributed by atoms with E-state index in [2.05, 4.69) is 213 Å². The van der Waals surface area contributed by atoms with Crippen LogP contribution < -0.4 is 14.5 Å². The number of rotatable bonds is 12. The molecule has 0 amide bonds. The summed E-state index contributed by atoms with van der Waals surface area (Å²) >= 11 is 0. The van der Waals surface area contributed by atoms with Crippen molar-refractivity contribution in [2.75, 3.05) is 9.80 Å². The lowest BCUT2D eigenvalue weighted by Crippen LogP contribution is -2.10. The van der Waals surface area contributed by atoms with Gasteiger partial charge in [-0.1, -0.05) is 105 Å². The summed E-state index contributed by atoms with van der Waals surface area (Å²) < 4.78 is 6.21. The normalized spacial score (nSPS) is 11.5. The molecule has 52 heavy (non-hydrogen) atoms. The number of hydrogen-bond donors (Lipinski definition) is 0. The Bertz CT molecular complexity index is 2190. The summed E-state index contributed by atoms with van der Waals surface area (Å²) in [5.74, 6) is 1.42. The fraction of sp³-hybridized carbons (Fsp3) is 0.143. The lowest BCUT2D eigenvalue weighted by atomic mass is 9.98. The summed E-state index contributed by atoms with van der Waals surface area (Å²) in [6.07, 6.45) is 1.14. The van der Waals surface area contributed by atoms with Crippen molar-refractivity contribution in [2.45, 2.75) is 46.6 Å². The van der Waals surface area contributed by atoms with Gasteiger partial charge in [-0.3, -0.25) is 0 Å². The van der Waals surface area contributed by atoms with Crippen molar-refractivity contribution in [1.29, 1.82) is 0 Å². The van der Waals surface area contributed by atoms with Crippen molar-refractivity contribution in [3.05, 3.63) is 198 Å². The smallest absolute Gasteiger partial charge is 0.119 e. The zero-order chi connectivity index (χ0) is 35.9. The Morgan fingerprint density at radius 2 is 0.904 bits per heavy atom. The van der Waals surface area contributed by atoms with Gasteiger partial charge in [-0.05, 0) is 144 Å². The summed E-state index contributed by atoms with van der Waals surface area (Å²) in [5.41, 5.74) is 14.0. The van der Waals surface area contributed by atoms with Gasteiger partial charge in [0.05, 0.1) is 0 Å². The number of para-hydroxylation sites is 1. The summed E-state index contributed by atoms with van der Waals surface area (Å²) in [6.45, 7) is 9.32. The molecular formula is C49H46N2O. The van der Waals surface area contributed by atoms with E-state index in [0.717, 1.165) is 46.3 Å². The van der Waals surface area contributed by atoms with Crippen molar-refractivity contribution >= 4 is 34.1 Å². The largest absolute Gasteiger partial charge is 0.489 e. The number of aryl methyl sites for hydroxylation is 2.